The van der Waals surface area contributed by atoms with Crippen molar-refractivity contribution in [2.45, 2.75) is 24.2 Å². The summed E-state index contributed by atoms with van der Waals surface area (Å²) in [5.74, 6) is -2.48. The summed E-state index contributed by atoms with van der Waals surface area (Å²) in [7, 11) is -2.24. The number of benzene rings is 1. The summed E-state index contributed by atoms with van der Waals surface area (Å²) in [6, 6.07) is 2.68. The summed E-state index contributed by atoms with van der Waals surface area (Å²) in [6.07, 6.45) is 2.27. The van der Waals surface area contributed by atoms with Crippen molar-refractivity contribution in [2.75, 3.05) is 20.3 Å². The molecule has 0 heterocycles. The van der Waals surface area contributed by atoms with E-state index in [1.165, 1.54) is 0 Å². The quantitative estimate of drug-likeness (QED) is 0.675. The van der Waals surface area contributed by atoms with E-state index in [1.807, 2.05) is 0 Å². The van der Waals surface area contributed by atoms with Gasteiger partial charge in [-0.2, -0.15) is 0 Å². The molecule has 0 aliphatic heterocycles. The molecule has 0 fully saturated rings. The zero-order chi connectivity index (χ0) is 15.9. The smallest absolute Gasteiger partial charge is 0.338 e. The number of unbranched alkanes of at least 4 members (excludes halogenated alkanes) is 2. The maximum absolute atomic E-state index is 13.2. The van der Waals surface area contributed by atoms with Crippen molar-refractivity contribution in [1.29, 1.82) is 0 Å². The van der Waals surface area contributed by atoms with E-state index >= 15 is 0 Å². The zero-order valence-corrected chi connectivity index (χ0v) is 12.5. The Morgan fingerprint density at radius 2 is 2.05 bits per heavy atom. The van der Waals surface area contributed by atoms with Crippen molar-refractivity contribution in [2.24, 2.45) is 0 Å². The van der Waals surface area contributed by atoms with Crippen molar-refractivity contribution in [3.05, 3.63) is 29.6 Å². The Bertz CT molecular complexity index is 588. The van der Waals surface area contributed by atoms with Gasteiger partial charge >= 0.3 is 5.97 Å². The summed E-state index contributed by atoms with van der Waals surface area (Å²) in [5.41, 5.74) is -0.669. The molecule has 118 valence electrons. The van der Waals surface area contributed by atoms with Gasteiger partial charge in [0.1, 0.15) is 5.82 Å². The molecule has 0 radical (unpaired) electrons. The Kier molecular flexibility index (Phi) is 6.73. The van der Waals surface area contributed by atoms with Crippen LogP contribution in [0.25, 0.3) is 0 Å². The summed E-state index contributed by atoms with van der Waals surface area (Å²) < 4.78 is 44.4. The highest BCUT2D eigenvalue weighted by Crippen LogP contribution is 2.15. The van der Waals surface area contributed by atoms with Crippen LogP contribution in [0.4, 0.5) is 4.39 Å². The lowest BCUT2D eigenvalue weighted by atomic mass is 10.2. The molecule has 0 aliphatic rings. The van der Waals surface area contributed by atoms with E-state index in [0.29, 0.717) is 13.0 Å². The summed E-state index contributed by atoms with van der Waals surface area (Å²) in [6.45, 7) is 0.846. The predicted octanol–water partition coefficient (Wildman–Crippen LogP) is 1.62. The first kappa shape index (κ1) is 17.5. The topological polar surface area (TPSA) is 92.7 Å². The molecule has 0 atom stereocenters. The lowest BCUT2D eigenvalue weighted by molar-refractivity contribution is 0.0691. The molecule has 0 saturated carbocycles. The van der Waals surface area contributed by atoms with Gasteiger partial charge in [0.15, 0.2) is 0 Å². The number of hydrogen-bond donors (Lipinski definition) is 2. The highest BCUT2D eigenvalue weighted by molar-refractivity contribution is 7.89. The zero-order valence-electron chi connectivity index (χ0n) is 11.6. The van der Waals surface area contributed by atoms with Crippen molar-refractivity contribution in [1.82, 2.24) is 4.72 Å². The van der Waals surface area contributed by atoms with Crippen LogP contribution in [0.15, 0.2) is 23.1 Å². The van der Waals surface area contributed by atoms with E-state index < -0.39 is 27.4 Å². The minimum absolute atomic E-state index is 0.228. The minimum atomic E-state index is -3.84. The second-order valence-corrected chi connectivity index (χ2v) is 6.16. The Balaban J connectivity index is 2.66. The summed E-state index contributed by atoms with van der Waals surface area (Å²) >= 11 is 0. The standard InChI is InChI=1S/C13H18FNO5S/c1-20-8-4-2-3-7-15-21(18,19)10-5-6-12(14)11(9-10)13(16)17/h5-6,9,15H,2-4,7-8H2,1H3,(H,16,17). The van der Waals surface area contributed by atoms with E-state index in [1.54, 1.807) is 7.11 Å². The van der Waals surface area contributed by atoms with Gasteiger partial charge in [-0.25, -0.2) is 22.3 Å². The molecular formula is C13H18FNO5S. The Morgan fingerprint density at radius 1 is 1.33 bits per heavy atom. The fourth-order valence-electron chi connectivity index (χ4n) is 1.67. The molecule has 21 heavy (non-hydrogen) atoms. The highest BCUT2D eigenvalue weighted by Gasteiger charge is 2.18. The second kappa shape index (κ2) is 8.06. The highest BCUT2D eigenvalue weighted by atomic mass is 32.2. The maximum atomic E-state index is 13.2. The number of carboxylic acids is 1. The number of halogens is 1. The van der Waals surface area contributed by atoms with Gasteiger partial charge in [-0.3, -0.25) is 0 Å². The fraction of sp³-hybridized carbons (Fsp3) is 0.462. The molecule has 8 heteroatoms. The molecule has 1 aromatic rings. The van der Waals surface area contributed by atoms with E-state index in [0.717, 1.165) is 31.0 Å². The number of sulfonamides is 1. The first-order chi connectivity index (χ1) is 9.88. The normalized spacial score (nSPS) is 11.5. The van der Waals surface area contributed by atoms with Crippen LogP contribution in [0, 0.1) is 5.82 Å². The third-order valence-corrected chi connectivity index (χ3v) is 4.25. The lowest BCUT2D eigenvalue weighted by Crippen LogP contribution is -2.25. The largest absolute Gasteiger partial charge is 0.478 e. The van der Waals surface area contributed by atoms with E-state index in [4.69, 9.17) is 9.84 Å². The van der Waals surface area contributed by atoms with Gasteiger partial charge in [0.25, 0.3) is 0 Å². The van der Waals surface area contributed by atoms with Crippen LogP contribution in [-0.2, 0) is 14.8 Å². The number of ether oxygens (including phenoxy) is 1. The third-order valence-electron chi connectivity index (χ3n) is 2.80. The molecule has 1 rings (SSSR count). The monoisotopic (exact) mass is 319 g/mol. The number of hydrogen-bond acceptors (Lipinski definition) is 4. The number of aromatic carboxylic acids is 1. The van der Waals surface area contributed by atoms with Gasteiger partial charge in [-0.15, -0.1) is 0 Å². The van der Waals surface area contributed by atoms with Gasteiger partial charge in [-0.05, 0) is 37.5 Å². The van der Waals surface area contributed by atoms with Gasteiger partial charge < -0.3 is 9.84 Å². The molecule has 0 spiro atoms. The minimum Gasteiger partial charge on any atom is -0.478 e. The first-order valence-electron chi connectivity index (χ1n) is 6.40. The molecule has 6 nitrogen and oxygen atoms in total. The maximum Gasteiger partial charge on any atom is 0.338 e. The Morgan fingerprint density at radius 3 is 2.67 bits per heavy atom. The molecule has 0 unspecified atom stereocenters. The molecule has 0 amide bonds. The average molecular weight is 319 g/mol. The predicted molar refractivity (Wildman–Crippen MR) is 74.3 cm³/mol. The molecule has 2 N–H and O–H groups in total. The van der Waals surface area contributed by atoms with Crippen molar-refractivity contribution in [3.63, 3.8) is 0 Å². The lowest BCUT2D eigenvalue weighted by Gasteiger charge is -2.08. The number of carbonyl (C=O) groups is 1. The molecule has 0 saturated heterocycles. The number of methoxy groups -OCH3 is 1. The van der Waals surface area contributed by atoms with Gasteiger partial charge in [0.2, 0.25) is 10.0 Å². The van der Waals surface area contributed by atoms with Crippen LogP contribution >= 0.6 is 0 Å². The summed E-state index contributed by atoms with van der Waals surface area (Å²) in [4.78, 5) is 10.5. The van der Waals surface area contributed by atoms with Gasteiger partial charge in [-0.1, -0.05) is 0 Å². The van der Waals surface area contributed by atoms with Crippen LogP contribution in [0.5, 0.6) is 0 Å². The van der Waals surface area contributed by atoms with Crippen molar-refractivity contribution in [3.8, 4) is 0 Å². The van der Waals surface area contributed by atoms with Gasteiger partial charge in [0.05, 0.1) is 10.5 Å². The van der Waals surface area contributed by atoms with Crippen LogP contribution in [-0.4, -0.2) is 39.8 Å². The summed E-state index contributed by atoms with van der Waals surface area (Å²) in [5, 5.41) is 8.79. The van der Waals surface area contributed by atoms with E-state index in [9.17, 15) is 17.6 Å². The van der Waals surface area contributed by atoms with Crippen molar-refractivity contribution < 1.29 is 27.4 Å². The van der Waals surface area contributed by atoms with Gasteiger partial charge in [0, 0.05) is 20.3 Å². The molecular weight excluding hydrogens is 301 g/mol. The molecule has 1 aromatic carbocycles. The van der Waals surface area contributed by atoms with Crippen molar-refractivity contribution >= 4 is 16.0 Å². The molecule has 0 aliphatic carbocycles. The fourth-order valence-corrected chi connectivity index (χ4v) is 2.77. The number of nitrogens with one attached hydrogen (secondary N) is 1. The second-order valence-electron chi connectivity index (χ2n) is 4.40. The molecule has 0 bridgehead atoms. The van der Waals surface area contributed by atoms with E-state index in [-0.39, 0.29) is 11.4 Å². The number of rotatable bonds is 9. The SMILES string of the molecule is COCCCCCNS(=O)(=O)c1ccc(F)c(C(=O)O)c1. The average Bonchev–Trinajstić information content (AvgIpc) is 2.42. The van der Waals surface area contributed by atoms with Crippen LogP contribution in [0.2, 0.25) is 0 Å². The van der Waals surface area contributed by atoms with E-state index in [2.05, 4.69) is 4.72 Å². The third kappa shape index (κ3) is 5.41. The first-order valence-corrected chi connectivity index (χ1v) is 7.88. The van der Waals surface area contributed by atoms with Crippen LogP contribution in [0.3, 0.4) is 0 Å². The Labute approximate surface area is 123 Å². The van der Waals surface area contributed by atoms with Crippen LogP contribution in [0.1, 0.15) is 29.6 Å². The van der Waals surface area contributed by atoms with Crippen LogP contribution < -0.4 is 4.72 Å². The molecule has 0 aromatic heterocycles. The number of carboxylic acid groups (broad SMARTS) is 1. The Hall–Kier alpha value is -1.51.